The number of hydrogen-bond acceptors (Lipinski definition) is 2. The van der Waals surface area contributed by atoms with Gasteiger partial charge in [-0.2, -0.15) is 0 Å². The van der Waals surface area contributed by atoms with E-state index in [4.69, 9.17) is 5.73 Å². The molecule has 0 unspecified atom stereocenters. The first kappa shape index (κ1) is 20.7. The van der Waals surface area contributed by atoms with Gasteiger partial charge in [0.1, 0.15) is 11.6 Å². The van der Waals surface area contributed by atoms with Crippen LogP contribution in [0.2, 0.25) is 0 Å². The van der Waals surface area contributed by atoms with Crippen molar-refractivity contribution in [1.29, 1.82) is 0 Å². The van der Waals surface area contributed by atoms with Crippen molar-refractivity contribution in [2.45, 2.75) is 58.0 Å². The molecule has 0 saturated heterocycles. The molecule has 1 aromatic carbocycles. The SMILES string of the molecule is Cc1nccn1-c1ccc(CN=C(N)NC2CCCCCC2)cc1F.I. The van der Waals surface area contributed by atoms with Crippen LogP contribution in [0, 0.1) is 12.7 Å². The van der Waals surface area contributed by atoms with Crippen molar-refractivity contribution in [2.24, 2.45) is 10.7 Å². The van der Waals surface area contributed by atoms with Gasteiger partial charge >= 0.3 is 0 Å². The van der Waals surface area contributed by atoms with Gasteiger partial charge in [0.05, 0.1) is 12.2 Å². The van der Waals surface area contributed by atoms with E-state index < -0.39 is 0 Å². The first-order chi connectivity index (χ1) is 12.1. The Morgan fingerprint density at radius 1 is 1.31 bits per heavy atom. The second kappa shape index (κ2) is 9.89. The minimum absolute atomic E-state index is 0. The molecule has 5 nitrogen and oxygen atoms in total. The van der Waals surface area contributed by atoms with Crippen LogP contribution in [0.25, 0.3) is 5.69 Å². The summed E-state index contributed by atoms with van der Waals surface area (Å²) >= 11 is 0. The molecule has 1 fully saturated rings. The molecule has 0 atom stereocenters. The summed E-state index contributed by atoms with van der Waals surface area (Å²) in [5, 5.41) is 3.31. The van der Waals surface area contributed by atoms with Gasteiger partial charge in [-0.25, -0.2) is 14.4 Å². The summed E-state index contributed by atoms with van der Waals surface area (Å²) in [5.41, 5.74) is 7.29. The highest BCUT2D eigenvalue weighted by Crippen LogP contribution is 2.18. The Hall–Kier alpha value is -1.64. The van der Waals surface area contributed by atoms with E-state index in [0.717, 1.165) is 24.2 Å². The first-order valence-electron chi connectivity index (χ1n) is 8.98. The number of aryl methyl sites for hydroxylation is 1. The Balaban J connectivity index is 0.00000243. The average molecular weight is 471 g/mol. The molecular formula is C19H27FIN5. The van der Waals surface area contributed by atoms with Gasteiger partial charge in [0.25, 0.3) is 0 Å². The Bertz CT molecular complexity index is 735. The molecule has 7 heteroatoms. The van der Waals surface area contributed by atoms with Crippen molar-refractivity contribution < 1.29 is 4.39 Å². The zero-order valence-electron chi connectivity index (χ0n) is 15.1. The lowest BCUT2D eigenvalue weighted by Crippen LogP contribution is -2.39. The number of rotatable bonds is 4. The van der Waals surface area contributed by atoms with Gasteiger partial charge in [0.2, 0.25) is 0 Å². The maximum atomic E-state index is 14.4. The molecule has 3 N–H and O–H groups in total. The summed E-state index contributed by atoms with van der Waals surface area (Å²) in [4.78, 5) is 8.50. The number of aromatic nitrogens is 2. The van der Waals surface area contributed by atoms with Crippen LogP contribution in [0.5, 0.6) is 0 Å². The van der Waals surface area contributed by atoms with Crippen LogP contribution >= 0.6 is 24.0 Å². The molecule has 1 aliphatic carbocycles. The van der Waals surface area contributed by atoms with Crippen molar-refractivity contribution in [3.8, 4) is 5.69 Å². The van der Waals surface area contributed by atoms with E-state index in [2.05, 4.69) is 15.3 Å². The van der Waals surface area contributed by atoms with Gasteiger partial charge in [-0.3, -0.25) is 0 Å². The smallest absolute Gasteiger partial charge is 0.189 e. The number of nitrogens with one attached hydrogen (secondary N) is 1. The standard InChI is InChI=1S/C19H26FN5.HI/c1-14-22-10-11-25(14)18-9-8-15(12-17(18)20)13-23-19(21)24-16-6-4-2-3-5-7-16;/h8-12,16H,2-7,13H2,1H3,(H3,21,23,24);1H. The molecule has 0 amide bonds. The van der Waals surface area contributed by atoms with Crippen LogP contribution in [-0.4, -0.2) is 21.6 Å². The molecule has 0 aliphatic heterocycles. The highest BCUT2D eigenvalue weighted by Gasteiger charge is 2.12. The molecule has 26 heavy (non-hydrogen) atoms. The second-order valence-corrected chi connectivity index (χ2v) is 6.66. The molecule has 0 spiro atoms. The van der Waals surface area contributed by atoms with E-state index >= 15 is 0 Å². The van der Waals surface area contributed by atoms with Crippen LogP contribution in [0.1, 0.15) is 49.9 Å². The third-order valence-electron chi connectivity index (χ3n) is 4.74. The molecule has 1 heterocycles. The summed E-state index contributed by atoms with van der Waals surface area (Å²) in [6.45, 7) is 2.21. The molecule has 2 aromatic rings. The lowest BCUT2D eigenvalue weighted by atomic mass is 10.1. The molecule has 142 valence electrons. The maximum absolute atomic E-state index is 14.4. The van der Waals surface area contributed by atoms with Gasteiger partial charge < -0.3 is 15.6 Å². The predicted molar refractivity (Wildman–Crippen MR) is 114 cm³/mol. The summed E-state index contributed by atoms with van der Waals surface area (Å²) in [6.07, 6.45) is 10.8. The molecule has 3 rings (SSSR count). The molecule has 1 aliphatic rings. The largest absolute Gasteiger partial charge is 0.370 e. The second-order valence-electron chi connectivity index (χ2n) is 6.66. The minimum atomic E-state index is -0.288. The zero-order valence-corrected chi connectivity index (χ0v) is 17.4. The number of benzene rings is 1. The Kier molecular flexibility index (Phi) is 7.86. The van der Waals surface area contributed by atoms with Crippen LogP contribution < -0.4 is 11.1 Å². The maximum Gasteiger partial charge on any atom is 0.189 e. The van der Waals surface area contributed by atoms with Gasteiger partial charge in [0, 0.05) is 18.4 Å². The Labute approximate surface area is 171 Å². The first-order valence-corrected chi connectivity index (χ1v) is 8.98. The number of guanidine groups is 1. The topological polar surface area (TPSA) is 68.2 Å². The highest BCUT2D eigenvalue weighted by molar-refractivity contribution is 14.0. The van der Waals surface area contributed by atoms with Gasteiger partial charge in [-0.1, -0.05) is 31.7 Å². The van der Waals surface area contributed by atoms with Crippen molar-refractivity contribution >= 4 is 29.9 Å². The van der Waals surface area contributed by atoms with E-state index in [-0.39, 0.29) is 29.8 Å². The monoisotopic (exact) mass is 471 g/mol. The minimum Gasteiger partial charge on any atom is -0.370 e. The number of nitrogens with two attached hydrogens (primary N) is 1. The number of halogens is 2. The number of nitrogens with zero attached hydrogens (tertiary/aromatic N) is 3. The van der Waals surface area contributed by atoms with E-state index in [0.29, 0.717) is 24.2 Å². The lowest BCUT2D eigenvalue weighted by molar-refractivity contribution is 0.530. The number of aliphatic imine (C=N–C) groups is 1. The quantitative estimate of drug-likeness (QED) is 0.306. The predicted octanol–water partition coefficient (Wildman–Crippen LogP) is 4.06. The van der Waals surface area contributed by atoms with E-state index in [9.17, 15) is 4.39 Å². The van der Waals surface area contributed by atoms with Gasteiger partial charge in [-0.05, 0) is 37.5 Å². The fourth-order valence-electron chi connectivity index (χ4n) is 3.33. The van der Waals surface area contributed by atoms with E-state index in [1.807, 2.05) is 13.0 Å². The molecule has 0 bridgehead atoms. The third-order valence-corrected chi connectivity index (χ3v) is 4.74. The van der Waals surface area contributed by atoms with Crippen molar-refractivity contribution in [1.82, 2.24) is 14.9 Å². The summed E-state index contributed by atoms with van der Waals surface area (Å²) in [6, 6.07) is 5.55. The van der Waals surface area contributed by atoms with Crippen molar-refractivity contribution in [2.75, 3.05) is 0 Å². The van der Waals surface area contributed by atoms with Crippen LogP contribution in [0.15, 0.2) is 35.6 Å². The Morgan fingerprint density at radius 2 is 2.04 bits per heavy atom. The van der Waals surface area contributed by atoms with Gasteiger partial charge in [0.15, 0.2) is 5.96 Å². The molecule has 0 radical (unpaired) electrons. The van der Waals surface area contributed by atoms with Crippen LogP contribution in [0.3, 0.4) is 0 Å². The fraction of sp³-hybridized carbons (Fsp3) is 0.474. The normalized spacial score (nSPS) is 16.0. The summed E-state index contributed by atoms with van der Waals surface area (Å²) in [7, 11) is 0. The van der Waals surface area contributed by atoms with Gasteiger partial charge in [-0.15, -0.1) is 24.0 Å². The van der Waals surface area contributed by atoms with Crippen LogP contribution in [-0.2, 0) is 6.54 Å². The lowest BCUT2D eigenvalue weighted by Gasteiger charge is -2.16. The van der Waals surface area contributed by atoms with Crippen molar-refractivity contribution in [3.63, 3.8) is 0 Å². The number of hydrogen-bond donors (Lipinski definition) is 2. The molecule has 1 aromatic heterocycles. The average Bonchev–Trinajstić information content (AvgIpc) is 2.85. The zero-order chi connectivity index (χ0) is 17.6. The van der Waals surface area contributed by atoms with Crippen molar-refractivity contribution in [3.05, 3.63) is 47.8 Å². The van der Waals surface area contributed by atoms with E-state index in [1.165, 1.54) is 31.7 Å². The van der Waals surface area contributed by atoms with Crippen LogP contribution in [0.4, 0.5) is 4.39 Å². The Morgan fingerprint density at radius 3 is 2.65 bits per heavy atom. The van der Waals surface area contributed by atoms with E-state index in [1.54, 1.807) is 23.0 Å². The summed E-state index contributed by atoms with van der Waals surface area (Å²) in [5.74, 6) is 0.910. The number of imidazole rings is 1. The molecule has 1 saturated carbocycles. The third kappa shape index (κ3) is 5.43. The molecular weight excluding hydrogens is 444 g/mol. The summed E-state index contributed by atoms with van der Waals surface area (Å²) < 4.78 is 16.1. The fourth-order valence-corrected chi connectivity index (χ4v) is 3.33. The highest BCUT2D eigenvalue weighted by atomic mass is 127.